The Balaban J connectivity index is 2.30. The summed E-state index contributed by atoms with van der Waals surface area (Å²) in [6.07, 6.45) is 0. The summed E-state index contributed by atoms with van der Waals surface area (Å²) in [6.45, 7) is 0. The topological polar surface area (TPSA) is 23.6 Å². The summed E-state index contributed by atoms with van der Waals surface area (Å²) in [6, 6.07) is 7.95. The summed E-state index contributed by atoms with van der Waals surface area (Å²) < 4.78 is 0. The molecule has 0 N–H and O–H groups in total. The van der Waals surface area contributed by atoms with Crippen molar-refractivity contribution in [2.45, 2.75) is 0 Å². The maximum absolute atomic E-state index is 12.3. The van der Waals surface area contributed by atoms with Gasteiger partial charge in [0.1, 0.15) is 0 Å². The average Bonchev–Trinajstić information content (AvgIpc) is 2.82. The molecule has 0 atom stereocenters. The zero-order chi connectivity index (χ0) is 12.0. The van der Waals surface area contributed by atoms with Crippen LogP contribution in [-0.4, -0.2) is 20.0 Å². The highest BCUT2D eigenvalue weighted by molar-refractivity contribution is 7.08. The number of hydrogen-bond donors (Lipinski definition) is 0. The molecular formula is C13H12N2OS. The molecule has 1 amide bonds. The molecule has 0 saturated heterocycles. The zero-order valence-electron chi connectivity index (χ0n) is 9.68. The van der Waals surface area contributed by atoms with Crippen LogP contribution in [0.1, 0.15) is 10.4 Å². The van der Waals surface area contributed by atoms with Gasteiger partial charge in [0.05, 0.1) is 22.6 Å². The first-order valence-corrected chi connectivity index (χ1v) is 6.31. The molecule has 0 bridgehead atoms. The minimum absolute atomic E-state index is 0.0537. The number of carbonyl (C=O) groups is 1. The molecule has 0 radical (unpaired) electrons. The molecule has 1 aliphatic heterocycles. The summed E-state index contributed by atoms with van der Waals surface area (Å²) in [5.41, 5.74) is 3.76. The molecule has 0 fully saturated rings. The van der Waals surface area contributed by atoms with Crippen LogP contribution in [0.2, 0.25) is 0 Å². The predicted octanol–water partition coefficient (Wildman–Crippen LogP) is 3.11. The number of rotatable bonds is 0. The SMILES string of the molecule is CN1C(=O)c2cscc2N(C)c2ccccc21. The Morgan fingerprint density at radius 2 is 1.59 bits per heavy atom. The van der Waals surface area contributed by atoms with E-state index >= 15 is 0 Å². The summed E-state index contributed by atoms with van der Waals surface area (Å²) in [5.74, 6) is 0.0537. The molecule has 1 aliphatic rings. The highest BCUT2D eigenvalue weighted by Crippen LogP contribution is 2.40. The smallest absolute Gasteiger partial charge is 0.261 e. The minimum Gasteiger partial charge on any atom is -0.342 e. The van der Waals surface area contributed by atoms with Crippen LogP contribution in [-0.2, 0) is 0 Å². The van der Waals surface area contributed by atoms with Gasteiger partial charge in [-0.1, -0.05) is 12.1 Å². The van der Waals surface area contributed by atoms with Crippen molar-refractivity contribution in [3.05, 3.63) is 40.6 Å². The van der Waals surface area contributed by atoms with Crippen LogP contribution in [0.5, 0.6) is 0 Å². The zero-order valence-corrected chi connectivity index (χ0v) is 10.5. The minimum atomic E-state index is 0.0537. The molecular weight excluding hydrogens is 232 g/mol. The van der Waals surface area contributed by atoms with Crippen molar-refractivity contribution < 1.29 is 4.79 Å². The molecule has 3 rings (SSSR count). The quantitative estimate of drug-likeness (QED) is 0.711. The molecule has 4 heteroatoms. The lowest BCUT2D eigenvalue weighted by Gasteiger charge is -2.21. The Morgan fingerprint density at radius 1 is 0.941 bits per heavy atom. The van der Waals surface area contributed by atoms with Crippen molar-refractivity contribution in [1.82, 2.24) is 0 Å². The van der Waals surface area contributed by atoms with Gasteiger partial charge in [0.15, 0.2) is 0 Å². The normalized spacial score (nSPS) is 14.4. The monoisotopic (exact) mass is 244 g/mol. The molecule has 2 aromatic rings. The van der Waals surface area contributed by atoms with E-state index in [-0.39, 0.29) is 5.91 Å². The Hall–Kier alpha value is -1.81. The van der Waals surface area contributed by atoms with E-state index in [0.29, 0.717) is 0 Å². The van der Waals surface area contributed by atoms with Crippen LogP contribution in [0.25, 0.3) is 0 Å². The van der Waals surface area contributed by atoms with Gasteiger partial charge in [-0.15, -0.1) is 11.3 Å². The molecule has 0 unspecified atom stereocenters. The number of nitrogens with zero attached hydrogens (tertiary/aromatic N) is 2. The molecule has 0 aliphatic carbocycles. The second-order valence-electron chi connectivity index (χ2n) is 4.08. The van der Waals surface area contributed by atoms with E-state index in [0.717, 1.165) is 22.6 Å². The fraction of sp³-hybridized carbons (Fsp3) is 0.154. The van der Waals surface area contributed by atoms with Crippen LogP contribution in [0.3, 0.4) is 0 Å². The number of carbonyl (C=O) groups excluding carboxylic acids is 1. The number of benzene rings is 1. The molecule has 86 valence electrons. The van der Waals surface area contributed by atoms with Gasteiger partial charge in [-0.25, -0.2) is 0 Å². The Bertz CT molecular complexity index is 591. The van der Waals surface area contributed by atoms with Crippen molar-refractivity contribution in [3.63, 3.8) is 0 Å². The maximum atomic E-state index is 12.3. The van der Waals surface area contributed by atoms with Gasteiger partial charge in [0, 0.05) is 24.9 Å². The largest absolute Gasteiger partial charge is 0.342 e. The fourth-order valence-corrected chi connectivity index (χ4v) is 3.00. The Labute approximate surface area is 104 Å². The number of para-hydroxylation sites is 2. The van der Waals surface area contributed by atoms with Gasteiger partial charge in [-0.2, -0.15) is 0 Å². The molecule has 1 aromatic heterocycles. The number of fused-ring (bicyclic) bond motifs is 2. The predicted molar refractivity (Wildman–Crippen MR) is 71.6 cm³/mol. The summed E-state index contributed by atoms with van der Waals surface area (Å²) in [4.78, 5) is 16.1. The lowest BCUT2D eigenvalue weighted by Crippen LogP contribution is -2.24. The van der Waals surface area contributed by atoms with Gasteiger partial charge in [0.25, 0.3) is 5.91 Å². The van der Waals surface area contributed by atoms with Gasteiger partial charge < -0.3 is 9.80 Å². The third-order valence-corrected chi connectivity index (χ3v) is 3.87. The van der Waals surface area contributed by atoms with Gasteiger partial charge in [-0.3, -0.25) is 4.79 Å². The van der Waals surface area contributed by atoms with Crippen molar-refractivity contribution in [1.29, 1.82) is 0 Å². The number of thiophene rings is 1. The van der Waals surface area contributed by atoms with Crippen LogP contribution in [0.4, 0.5) is 17.1 Å². The standard InChI is InChI=1S/C13H12N2OS/c1-14-10-5-3-4-6-11(10)15(2)13(16)9-7-17-8-12(9)14/h3-8H,1-2H3. The number of hydrogen-bond acceptors (Lipinski definition) is 3. The molecule has 0 spiro atoms. The third-order valence-electron chi connectivity index (χ3n) is 3.14. The van der Waals surface area contributed by atoms with Crippen LogP contribution >= 0.6 is 11.3 Å². The van der Waals surface area contributed by atoms with Gasteiger partial charge >= 0.3 is 0 Å². The maximum Gasteiger partial charge on any atom is 0.261 e. The van der Waals surface area contributed by atoms with E-state index in [4.69, 9.17) is 0 Å². The first-order chi connectivity index (χ1) is 8.20. The molecule has 1 aromatic carbocycles. The average molecular weight is 244 g/mol. The molecule has 3 nitrogen and oxygen atoms in total. The van der Waals surface area contributed by atoms with E-state index in [1.807, 2.05) is 49.1 Å². The highest BCUT2D eigenvalue weighted by atomic mass is 32.1. The van der Waals surface area contributed by atoms with E-state index in [9.17, 15) is 4.79 Å². The fourth-order valence-electron chi connectivity index (χ4n) is 2.16. The third kappa shape index (κ3) is 1.37. The van der Waals surface area contributed by atoms with E-state index in [1.165, 1.54) is 0 Å². The Morgan fingerprint density at radius 3 is 2.29 bits per heavy atom. The lowest BCUT2D eigenvalue weighted by atomic mass is 10.2. The first-order valence-electron chi connectivity index (χ1n) is 5.37. The van der Waals surface area contributed by atoms with E-state index in [1.54, 1.807) is 16.2 Å². The van der Waals surface area contributed by atoms with E-state index < -0.39 is 0 Å². The van der Waals surface area contributed by atoms with Crippen molar-refractivity contribution in [2.75, 3.05) is 23.9 Å². The van der Waals surface area contributed by atoms with Gasteiger partial charge in [0.2, 0.25) is 0 Å². The first kappa shape index (κ1) is 10.4. The summed E-state index contributed by atoms with van der Waals surface area (Å²) >= 11 is 1.56. The molecule has 0 saturated carbocycles. The summed E-state index contributed by atoms with van der Waals surface area (Å²) in [5, 5.41) is 3.93. The van der Waals surface area contributed by atoms with Crippen LogP contribution in [0.15, 0.2) is 35.0 Å². The number of amides is 1. The van der Waals surface area contributed by atoms with Crippen LogP contribution < -0.4 is 9.80 Å². The van der Waals surface area contributed by atoms with Gasteiger partial charge in [-0.05, 0) is 12.1 Å². The van der Waals surface area contributed by atoms with Crippen molar-refractivity contribution in [3.8, 4) is 0 Å². The lowest BCUT2D eigenvalue weighted by molar-refractivity contribution is 0.0995. The van der Waals surface area contributed by atoms with Crippen LogP contribution in [0, 0.1) is 0 Å². The highest BCUT2D eigenvalue weighted by Gasteiger charge is 2.27. The molecule has 2 heterocycles. The molecule has 17 heavy (non-hydrogen) atoms. The van der Waals surface area contributed by atoms with E-state index in [2.05, 4.69) is 4.90 Å². The summed E-state index contributed by atoms with van der Waals surface area (Å²) in [7, 11) is 3.82. The Kier molecular flexibility index (Phi) is 2.19. The van der Waals surface area contributed by atoms with Crippen molar-refractivity contribution >= 4 is 34.3 Å². The van der Waals surface area contributed by atoms with Crippen molar-refractivity contribution in [2.24, 2.45) is 0 Å². The second kappa shape index (κ2) is 3.60. The second-order valence-corrected chi connectivity index (χ2v) is 4.83. The number of anilines is 3.